The van der Waals surface area contributed by atoms with Gasteiger partial charge in [0.15, 0.2) is 11.8 Å². The minimum Gasteiger partial charge on any atom is -0.462 e. The molecule has 308 valence electrons. The zero-order chi connectivity index (χ0) is 40.1. The first kappa shape index (κ1) is 41.7. The molecule has 6 rings (SSSR count). The number of fused-ring (bicyclic) bond motifs is 4. The number of rotatable bonds is 19. The van der Waals surface area contributed by atoms with Crippen LogP contribution in [0, 0.1) is 10.8 Å². The van der Waals surface area contributed by atoms with Crippen molar-refractivity contribution >= 4 is 35.8 Å². The lowest BCUT2D eigenvalue weighted by molar-refractivity contribution is -0.224. The first-order valence-electron chi connectivity index (χ1n) is 20.2. The van der Waals surface area contributed by atoms with Gasteiger partial charge in [0, 0.05) is 50.3 Å². The number of hydrogen-bond donors (Lipinski definition) is 3. The lowest BCUT2D eigenvalue weighted by Crippen LogP contribution is -2.69. The van der Waals surface area contributed by atoms with Crippen molar-refractivity contribution in [3.8, 4) is 0 Å². The molecule has 15 heteroatoms. The Kier molecular flexibility index (Phi) is 13.2. The molecule has 4 aliphatic heterocycles. The van der Waals surface area contributed by atoms with Crippen LogP contribution >= 0.6 is 0 Å². The molecule has 0 aromatic heterocycles. The average Bonchev–Trinajstić information content (AvgIpc) is 3.81. The highest BCUT2D eigenvalue weighted by Crippen LogP contribution is 2.58. The topological polar surface area (TPSA) is 188 Å². The van der Waals surface area contributed by atoms with Gasteiger partial charge >= 0.3 is 17.9 Å². The Morgan fingerprint density at radius 1 is 0.964 bits per heavy atom. The van der Waals surface area contributed by atoms with Gasteiger partial charge in [-0.15, -0.1) is 0 Å². The van der Waals surface area contributed by atoms with Gasteiger partial charge in [-0.3, -0.25) is 19.2 Å². The van der Waals surface area contributed by atoms with Gasteiger partial charge in [-0.05, 0) is 30.0 Å². The number of aliphatic hydroxyl groups is 1. The summed E-state index contributed by atoms with van der Waals surface area (Å²) in [5, 5.41) is 16.1. The summed E-state index contributed by atoms with van der Waals surface area (Å²) >= 11 is 0. The molecule has 7 atom stereocenters. The molecular weight excluding hydrogens is 726 g/mol. The SMILES string of the molecule is CCCCCC1(CCCCC)O[C@@H]2[C@H](O1)[C@H]1ON(Cc3ccccc3C=CC(=O)O[C@H]3C(=O)OCC3(C)C)[C@@H]3C(=O)O[C@@H]2C[C@]13C(=O)NCCC(=O)NCCO. The lowest BCUT2D eigenvalue weighted by atomic mass is 9.62. The molecule has 2 bridgehead atoms. The molecule has 0 radical (unpaired) electrons. The maximum Gasteiger partial charge on any atom is 0.348 e. The summed E-state index contributed by atoms with van der Waals surface area (Å²) in [6, 6.07) is 6.07. The number of ether oxygens (including phenoxy) is 5. The highest BCUT2D eigenvalue weighted by Gasteiger charge is 2.76. The third-order valence-corrected chi connectivity index (χ3v) is 11.6. The van der Waals surface area contributed by atoms with Gasteiger partial charge in [0.25, 0.3) is 0 Å². The Balaban J connectivity index is 1.28. The zero-order valence-electron chi connectivity index (χ0n) is 32.9. The summed E-state index contributed by atoms with van der Waals surface area (Å²) in [7, 11) is 0. The van der Waals surface area contributed by atoms with Crippen molar-refractivity contribution in [3.63, 3.8) is 0 Å². The van der Waals surface area contributed by atoms with E-state index >= 15 is 0 Å². The number of benzene rings is 1. The second-order valence-corrected chi connectivity index (χ2v) is 16.2. The molecule has 56 heavy (non-hydrogen) atoms. The number of hydroxylamine groups is 2. The predicted octanol–water partition coefficient (Wildman–Crippen LogP) is 3.25. The summed E-state index contributed by atoms with van der Waals surface area (Å²) in [6.45, 7) is 7.92. The number of nitrogens with one attached hydrogen (secondary N) is 2. The smallest absolute Gasteiger partial charge is 0.348 e. The molecule has 2 amide bonds. The van der Waals surface area contributed by atoms with E-state index < -0.39 is 77.0 Å². The van der Waals surface area contributed by atoms with Crippen LogP contribution in [0.15, 0.2) is 30.3 Å². The van der Waals surface area contributed by atoms with Crippen molar-refractivity contribution in [1.82, 2.24) is 15.7 Å². The Morgan fingerprint density at radius 3 is 2.36 bits per heavy atom. The fourth-order valence-electron chi connectivity index (χ4n) is 8.69. The van der Waals surface area contributed by atoms with Crippen molar-refractivity contribution in [2.45, 2.75) is 141 Å². The molecule has 1 aromatic carbocycles. The maximum absolute atomic E-state index is 14.6. The Labute approximate surface area is 328 Å². The third kappa shape index (κ3) is 8.52. The van der Waals surface area contributed by atoms with Crippen LogP contribution in [0.5, 0.6) is 0 Å². The van der Waals surface area contributed by atoms with Gasteiger partial charge in [0.1, 0.15) is 36.4 Å². The summed E-state index contributed by atoms with van der Waals surface area (Å²) < 4.78 is 30.5. The van der Waals surface area contributed by atoms with Gasteiger partial charge in [0.05, 0.1) is 13.2 Å². The van der Waals surface area contributed by atoms with Crippen molar-refractivity contribution in [3.05, 3.63) is 41.5 Å². The van der Waals surface area contributed by atoms with Gasteiger partial charge in [-0.2, -0.15) is 5.06 Å². The Morgan fingerprint density at radius 2 is 1.68 bits per heavy atom. The highest BCUT2D eigenvalue weighted by atomic mass is 16.8. The van der Waals surface area contributed by atoms with Crippen LogP contribution in [-0.2, 0) is 59.0 Å². The van der Waals surface area contributed by atoms with E-state index in [9.17, 15) is 24.0 Å². The molecule has 0 unspecified atom stereocenters. The lowest BCUT2D eigenvalue weighted by Gasteiger charge is -2.48. The second kappa shape index (κ2) is 17.7. The maximum atomic E-state index is 14.6. The largest absolute Gasteiger partial charge is 0.462 e. The molecule has 4 saturated heterocycles. The van der Waals surface area contributed by atoms with Gasteiger partial charge in [-0.1, -0.05) is 77.6 Å². The first-order valence-corrected chi connectivity index (χ1v) is 20.2. The Hall–Kier alpha value is -3.89. The molecule has 1 aliphatic carbocycles. The van der Waals surface area contributed by atoms with Gasteiger partial charge in [-0.25, -0.2) is 9.59 Å². The molecule has 0 spiro atoms. The summed E-state index contributed by atoms with van der Waals surface area (Å²) in [5.41, 5.74) is -0.806. The van der Waals surface area contributed by atoms with Crippen LogP contribution in [0.4, 0.5) is 0 Å². The molecule has 5 aliphatic rings. The van der Waals surface area contributed by atoms with Crippen LogP contribution < -0.4 is 10.6 Å². The fraction of sp³-hybridized carbons (Fsp3) is 0.683. The van der Waals surface area contributed by atoms with Crippen LogP contribution in [0.1, 0.15) is 103 Å². The highest BCUT2D eigenvalue weighted by molar-refractivity contribution is 5.94. The van der Waals surface area contributed by atoms with Gasteiger partial charge in [0.2, 0.25) is 17.9 Å². The van der Waals surface area contributed by atoms with E-state index in [0.29, 0.717) is 24.0 Å². The molecular formula is C41H57N3O12. The van der Waals surface area contributed by atoms with E-state index in [4.69, 9.17) is 33.6 Å². The molecule has 1 aromatic rings. The number of nitrogens with zero attached hydrogens (tertiary/aromatic N) is 1. The number of hydrogen-bond acceptors (Lipinski definition) is 13. The van der Waals surface area contributed by atoms with Crippen molar-refractivity contribution < 1.29 is 57.6 Å². The van der Waals surface area contributed by atoms with E-state index in [0.717, 1.165) is 38.5 Å². The number of amides is 2. The third-order valence-electron chi connectivity index (χ3n) is 11.6. The van der Waals surface area contributed by atoms with E-state index in [2.05, 4.69) is 24.5 Å². The molecule has 1 saturated carbocycles. The number of cyclic esters (lactones) is 1. The van der Waals surface area contributed by atoms with Gasteiger partial charge < -0.3 is 39.4 Å². The monoisotopic (exact) mass is 783 g/mol. The first-order chi connectivity index (χ1) is 26.9. The van der Waals surface area contributed by atoms with E-state index in [1.165, 1.54) is 11.1 Å². The number of carbonyl (C=O) groups excluding carboxylic acids is 5. The van der Waals surface area contributed by atoms with Crippen LogP contribution in [0.2, 0.25) is 0 Å². The number of unbranched alkanes of at least 4 members (excludes halogenated alkanes) is 4. The summed E-state index contributed by atoms with van der Waals surface area (Å²) in [5.74, 6) is -3.64. The number of carbonyl (C=O) groups is 5. The van der Waals surface area contributed by atoms with Crippen molar-refractivity contribution in [2.24, 2.45) is 10.8 Å². The van der Waals surface area contributed by atoms with Crippen LogP contribution in [-0.4, -0.2) is 109 Å². The average molecular weight is 784 g/mol. The standard InChI is InChI=1S/C41H57N3O12/c1-5-7-11-18-40(19-12-8-6-2)54-31-28-23-41(38(50)43-20-17-29(46)42-21-22-45)33(36(48)52-28)44(56-34(41)32(31)55-40)24-27-14-10-9-13-26(27)15-16-30(47)53-35-37(49)51-25-39(35,3)4/h9-10,13-16,28,31-35,45H,5-8,11-12,17-25H2,1-4H3,(H,42,46)(H,43,50)/t28-,31+,32+,33-,34-,35+,41-/m1/s1. The molecule has 4 heterocycles. The van der Waals surface area contributed by atoms with E-state index in [1.54, 1.807) is 32.1 Å². The molecule has 15 nitrogen and oxygen atoms in total. The van der Waals surface area contributed by atoms with E-state index in [-0.39, 0.29) is 51.6 Å². The quantitative estimate of drug-likeness (QED) is 0.0804. The van der Waals surface area contributed by atoms with E-state index in [1.807, 2.05) is 12.1 Å². The minimum absolute atomic E-state index is 0.0000850. The fourth-order valence-corrected chi connectivity index (χ4v) is 8.69. The molecule has 3 N–H and O–H groups in total. The number of aliphatic hydroxyl groups excluding tert-OH is 1. The van der Waals surface area contributed by atoms with Crippen LogP contribution in [0.3, 0.4) is 0 Å². The predicted molar refractivity (Wildman–Crippen MR) is 200 cm³/mol. The van der Waals surface area contributed by atoms with Crippen LogP contribution in [0.25, 0.3) is 6.08 Å². The second-order valence-electron chi connectivity index (χ2n) is 16.2. The Bertz CT molecular complexity index is 1640. The normalized spacial score (nSPS) is 29.8. The molecule has 5 fully saturated rings. The summed E-state index contributed by atoms with van der Waals surface area (Å²) in [4.78, 5) is 72.9. The minimum atomic E-state index is -1.44. The van der Waals surface area contributed by atoms with Crippen molar-refractivity contribution in [2.75, 3.05) is 26.3 Å². The van der Waals surface area contributed by atoms with Crippen molar-refractivity contribution in [1.29, 1.82) is 0 Å². The number of esters is 3. The zero-order valence-corrected chi connectivity index (χ0v) is 32.9. The summed E-state index contributed by atoms with van der Waals surface area (Å²) in [6.07, 6.45) is 5.94.